The molecule has 2 N–H and O–H groups in total. The maximum atomic E-state index is 13.6. The number of nitrogens with two attached hydrogens (primary N) is 1. The Bertz CT molecular complexity index is 704. The highest BCUT2D eigenvalue weighted by molar-refractivity contribution is 5.40. The molecule has 0 aliphatic rings. The number of hydrogen-bond acceptors (Lipinski definition) is 2. The molecule has 0 saturated heterocycles. The van der Waals surface area contributed by atoms with Gasteiger partial charge in [0.1, 0.15) is 6.61 Å². The summed E-state index contributed by atoms with van der Waals surface area (Å²) in [6.45, 7) is 0.115. The van der Waals surface area contributed by atoms with Crippen molar-refractivity contribution in [2.24, 2.45) is 5.73 Å². The van der Waals surface area contributed by atoms with Gasteiger partial charge in [-0.25, -0.2) is 13.2 Å². The van der Waals surface area contributed by atoms with Gasteiger partial charge in [-0.2, -0.15) is 0 Å². The third-order valence-corrected chi connectivity index (χ3v) is 2.64. The molecule has 0 amide bonds. The average molecular weight is 291 g/mol. The van der Waals surface area contributed by atoms with Gasteiger partial charge in [0.25, 0.3) is 0 Å². The standard InChI is InChI=1S/C16H12F3NO/c17-13-5-4-12(8-15(13)19)10-21-16-9-11(2-1-7-20)3-6-14(16)18/h3-6,8-9H,7,10,20H2. The quantitative estimate of drug-likeness (QED) is 0.882. The zero-order valence-electron chi connectivity index (χ0n) is 11.0. The average Bonchev–Trinajstić information content (AvgIpc) is 2.48. The fraction of sp³-hybridized carbons (Fsp3) is 0.125. The van der Waals surface area contributed by atoms with Gasteiger partial charge in [0.2, 0.25) is 0 Å². The van der Waals surface area contributed by atoms with E-state index < -0.39 is 17.5 Å². The van der Waals surface area contributed by atoms with Gasteiger partial charge in [-0.05, 0) is 35.9 Å². The van der Waals surface area contributed by atoms with E-state index in [-0.39, 0.29) is 18.9 Å². The van der Waals surface area contributed by atoms with Crippen LogP contribution in [0.4, 0.5) is 13.2 Å². The van der Waals surface area contributed by atoms with Crippen LogP contribution in [0.15, 0.2) is 36.4 Å². The summed E-state index contributed by atoms with van der Waals surface area (Å²) in [6, 6.07) is 7.52. The van der Waals surface area contributed by atoms with Crippen LogP contribution in [0.3, 0.4) is 0 Å². The molecule has 0 heterocycles. The summed E-state index contributed by atoms with van der Waals surface area (Å²) >= 11 is 0. The number of halogens is 3. The topological polar surface area (TPSA) is 35.2 Å². The minimum Gasteiger partial charge on any atom is -0.486 e. The first-order valence-corrected chi connectivity index (χ1v) is 6.15. The highest BCUT2D eigenvalue weighted by Gasteiger charge is 2.07. The Labute approximate surface area is 120 Å². The van der Waals surface area contributed by atoms with Crippen LogP contribution in [0.2, 0.25) is 0 Å². The van der Waals surface area contributed by atoms with Crippen LogP contribution in [0.1, 0.15) is 11.1 Å². The molecule has 0 atom stereocenters. The molecule has 2 nitrogen and oxygen atoms in total. The number of rotatable bonds is 3. The first kappa shape index (κ1) is 14.9. The molecule has 0 radical (unpaired) electrons. The van der Waals surface area contributed by atoms with Crippen LogP contribution in [-0.2, 0) is 6.61 Å². The van der Waals surface area contributed by atoms with Crippen molar-refractivity contribution < 1.29 is 17.9 Å². The first-order valence-electron chi connectivity index (χ1n) is 6.15. The molecule has 2 rings (SSSR count). The Balaban J connectivity index is 2.13. The minimum atomic E-state index is -0.973. The third kappa shape index (κ3) is 4.01. The predicted molar refractivity (Wildman–Crippen MR) is 73.0 cm³/mol. The van der Waals surface area contributed by atoms with Gasteiger partial charge >= 0.3 is 0 Å². The second-order valence-corrected chi connectivity index (χ2v) is 4.19. The van der Waals surface area contributed by atoms with Crippen LogP contribution in [-0.4, -0.2) is 6.54 Å². The van der Waals surface area contributed by atoms with Crippen molar-refractivity contribution in [3.8, 4) is 17.6 Å². The fourth-order valence-corrected chi connectivity index (χ4v) is 1.64. The molecular formula is C16H12F3NO. The number of benzene rings is 2. The van der Waals surface area contributed by atoms with E-state index in [1.807, 2.05) is 0 Å². The van der Waals surface area contributed by atoms with Crippen LogP contribution >= 0.6 is 0 Å². The third-order valence-electron chi connectivity index (χ3n) is 2.64. The summed E-state index contributed by atoms with van der Waals surface area (Å²) in [5.74, 6) is 2.92. The molecule has 0 aliphatic carbocycles. The number of hydrogen-bond donors (Lipinski definition) is 1. The molecule has 2 aromatic carbocycles. The van der Waals surface area contributed by atoms with Crippen LogP contribution in [0, 0.1) is 29.3 Å². The molecule has 0 aliphatic heterocycles. The largest absolute Gasteiger partial charge is 0.486 e. The summed E-state index contributed by atoms with van der Waals surface area (Å²) in [4.78, 5) is 0. The van der Waals surface area contributed by atoms with Gasteiger partial charge in [0, 0.05) is 5.56 Å². The summed E-state index contributed by atoms with van der Waals surface area (Å²) < 4.78 is 44.7. The molecule has 108 valence electrons. The normalized spacial score (nSPS) is 9.90. The zero-order valence-corrected chi connectivity index (χ0v) is 11.0. The van der Waals surface area contributed by atoms with E-state index in [1.165, 1.54) is 24.3 Å². The Morgan fingerprint density at radius 1 is 0.952 bits per heavy atom. The van der Waals surface area contributed by atoms with E-state index in [4.69, 9.17) is 10.5 Å². The monoisotopic (exact) mass is 291 g/mol. The molecule has 0 aromatic heterocycles. The van der Waals surface area contributed by atoms with E-state index in [0.717, 1.165) is 12.1 Å². The van der Waals surface area contributed by atoms with Crippen molar-refractivity contribution in [1.82, 2.24) is 0 Å². The van der Waals surface area contributed by atoms with E-state index in [2.05, 4.69) is 11.8 Å². The van der Waals surface area contributed by atoms with E-state index in [9.17, 15) is 13.2 Å². The highest BCUT2D eigenvalue weighted by Crippen LogP contribution is 2.20. The Hall–Kier alpha value is -2.45. The summed E-state index contributed by atoms with van der Waals surface area (Å²) in [6.07, 6.45) is 0. The van der Waals surface area contributed by atoms with Crippen molar-refractivity contribution in [3.63, 3.8) is 0 Å². The SMILES string of the molecule is NCC#Cc1ccc(F)c(OCc2ccc(F)c(F)c2)c1. The molecule has 2 aromatic rings. The second-order valence-electron chi connectivity index (χ2n) is 4.19. The Morgan fingerprint density at radius 3 is 2.43 bits per heavy atom. The van der Waals surface area contributed by atoms with E-state index >= 15 is 0 Å². The van der Waals surface area contributed by atoms with Gasteiger partial charge in [0.15, 0.2) is 23.2 Å². The lowest BCUT2D eigenvalue weighted by molar-refractivity contribution is 0.289. The second kappa shape index (κ2) is 6.82. The van der Waals surface area contributed by atoms with E-state index in [0.29, 0.717) is 11.1 Å². The van der Waals surface area contributed by atoms with Crippen LogP contribution < -0.4 is 10.5 Å². The number of ether oxygens (including phenoxy) is 1. The Kier molecular flexibility index (Phi) is 4.85. The molecule has 0 spiro atoms. The van der Waals surface area contributed by atoms with E-state index in [1.54, 1.807) is 0 Å². The van der Waals surface area contributed by atoms with Crippen molar-refractivity contribution in [1.29, 1.82) is 0 Å². The van der Waals surface area contributed by atoms with Crippen LogP contribution in [0.5, 0.6) is 5.75 Å². The summed E-state index contributed by atoms with van der Waals surface area (Å²) in [7, 11) is 0. The van der Waals surface area contributed by atoms with Gasteiger partial charge in [0.05, 0.1) is 6.54 Å². The maximum absolute atomic E-state index is 13.6. The minimum absolute atomic E-state index is 0.0106. The van der Waals surface area contributed by atoms with Gasteiger partial charge in [-0.1, -0.05) is 17.9 Å². The smallest absolute Gasteiger partial charge is 0.165 e. The van der Waals surface area contributed by atoms with Gasteiger partial charge in [-0.3, -0.25) is 0 Å². The predicted octanol–water partition coefficient (Wildman–Crippen LogP) is 2.99. The lowest BCUT2D eigenvalue weighted by Gasteiger charge is -2.08. The molecule has 0 fully saturated rings. The molecule has 0 saturated carbocycles. The zero-order chi connectivity index (χ0) is 15.2. The molecule has 0 unspecified atom stereocenters. The molecule has 5 heteroatoms. The van der Waals surface area contributed by atoms with Crippen molar-refractivity contribution in [2.45, 2.75) is 6.61 Å². The van der Waals surface area contributed by atoms with Crippen molar-refractivity contribution >= 4 is 0 Å². The maximum Gasteiger partial charge on any atom is 0.165 e. The summed E-state index contributed by atoms with van der Waals surface area (Å²) in [5.41, 5.74) is 6.21. The van der Waals surface area contributed by atoms with Gasteiger partial charge < -0.3 is 10.5 Å². The lowest BCUT2D eigenvalue weighted by atomic mass is 10.2. The first-order chi connectivity index (χ1) is 10.1. The van der Waals surface area contributed by atoms with Gasteiger partial charge in [-0.15, -0.1) is 0 Å². The molecular weight excluding hydrogens is 279 g/mol. The molecule has 0 bridgehead atoms. The Morgan fingerprint density at radius 2 is 1.71 bits per heavy atom. The lowest BCUT2D eigenvalue weighted by Crippen LogP contribution is -1.99. The van der Waals surface area contributed by atoms with Crippen LogP contribution in [0.25, 0.3) is 0 Å². The van der Waals surface area contributed by atoms with Crippen molar-refractivity contribution in [3.05, 3.63) is 65.0 Å². The highest BCUT2D eigenvalue weighted by atomic mass is 19.2. The molecule has 21 heavy (non-hydrogen) atoms. The van der Waals surface area contributed by atoms with Crippen molar-refractivity contribution in [2.75, 3.05) is 6.54 Å². The fourth-order valence-electron chi connectivity index (χ4n) is 1.64. The summed E-state index contributed by atoms with van der Waals surface area (Å²) in [5, 5.41) is 0.